The SMILES string of the molecule is S=C(Nc1ccc2[nH]c3nc4ccccc4nc3c2c1)N1CCN(c2ccccc2)CC1. The van der Waals surface area contributed by atoms with Gasteiger partial charge in [-0.1, -0.05) is 30.3 Å². The summed E-state index contributed by atoms with van der Waals surface area (Å²) in [5.41, 5.74) is 6.71. The number of benzene rings is 3. The summed E-state index contributed by atoms with van der Waals surface area (Å²) in [7, 11) is 0. The smallest absolute Gasteiger partial charge is 0.173 e. The molecule has 0 radical (unpaired) electrons. The minimum Gasteiger partial charge on any atom is -0.368 e. The number of nitrogens with zero attached hydrogens (tertiary/aromatic N) is 4. The number of H-pyrrole nitrogens is 1. The predicted molar refractivity (Wildman–Crippen MR) is 135 cm³/mol. The molecule has 32 heavy (non-hydrogen) atoms. The highest BCUT2D eigenvalue weighted by molar-refractivity contribution is 7.80. The number of aromatic nitrogens is 3. The maximum Gasteiger partial charge on any atom is 0.173 e. The van der Waals surface area contributed by atoms with Gasteiger partial charge in [0.1, 0.15) is 5.52 Å². The number of aromatic amines is 1. The summed E-state index contributed by atoms with van der Waals surface area (Å²) in [6.45, 7) is 3.70. The van der Waals surface area contributed by atoms with Crippen molar-refractivity contribution in [3.05, 3.63) is 72.8 Å². The van der Waals surface area contributed by atoms with E-state index in [1.54, 1.807) is 0 Å². The normalized spacial score (nSPS) is 14.4. The number of rotatable bonds is 2. The summed E-state index contributed by atoms with van der Waals surface area (Å²) in [6, 6.07) is 24.7. The summed E-state index contributed by atoms with van der Waals surface area (Å²) >= 11 is 5.73. The molecule has 6 rings (SSSR count). The Morgan fingerprint density at radius 1 is 0.844 bits per heavy atom. The van der Waals surface area contributed by atoms with Crippen molar-refractivity contribution in [3.8, 4) is 0 Å². The van der Waals surface area contributed by atoms with Crippen LogP contribution in [0.25, 0.3) is 33.1 Å². The van der Waals surface area contributed by atoms with E-state index in [9.17, 15) is 0 Å². The summed E-state index contributed by atoms with van der Waals surface area (Å²) in [5, 5.41) is 5.23. The molecule has 5 aromatic rings. The van der Waals surface area contributed by atoms with Crippen LogP contribution in [0.3, 0.4) is 0 Å². The van der Waals surface area contributed by atoms with E-state index in [1.165, 1.54) is 5.69 Å². The minimum atomic E-state index is 0.758. The van der Waals surface area contributed by atoms with Crippen LogP contribution in [0, 0.1) is 0 Å². The number of para-hydroxylation sites is 3. The van der Waals surface area contributed by atoms with E-state index in [0.717, 1.165) is 70.1 Å². The second-order valence-corrected chi connectivity index (χ2v) is 8.42. The van der Waals surface area contributed by atoms with Gasteiger partial charge >= 0.3 is 0 Å². The molecule has 6 nitrogen and oxygen atoms in total. The van der Waals surface area contributed by atoms with Crippen LogP contribution in [-0.4, -0.2) is 51.1 Å². The molecule has 0 spiro atoms. The van der Waals surface area contributed by atoms with Gasteiger partial charge in [-0.2, -0.15) is 0 Å². The number of hydrogen-bond acceptors (Lipinski definition) is 4. The topological polar surface area (TPSA) is 60.1 Å². The van der Waals surface area contributed by atoms with Crippen LogP contribution < -0.4 is 10.2 Å². The Morgan fingerprint density at radius 2 is 1.56 bits per heavy atom. The second-order valence-electron chi connectivity index (χ2n) is 8.03. The molecule has 1 saturated heterocycles. The average molecular weight is 439 g/mol. The van der Waals surface area contributed by atoms with Crippen LogP contribution in [-0.2, 0) is 0 Å². The Morgan fingerprint density at radius 3 is 2.34 bits per heavy atom. The number of thiocarbonyl (C=S) groups is 1. The molecule has 2 N–H and O–H groups in total. The van der Waals surface area contributed by atoms with E-state index < -0.39 is 0 Å². The third kappa shape index (κ3) is 3.40. The molecule has 0 amide bonds. The summed E-state index contributed by atoms with van der Waals surface area (Å²) in [4.78, 5) is 17.6. The predicted octanol–water partition coefficient (Wildman–Crippen LogP) is 4.78. The molecule has 158 valence electrons. The van der Waals surface area contributed by atoms with Crippen LogP contribution in [0.1, 0.15) is 0 Å². The lowest BCUT2D eigenvalue weighted by Crippen LogP contribution is -2.50. The lowest BCUT2D eigenvalue weighted by Gasteiger charge is -2.37. The van der Waals surface area contributed by atoms with Gasteiger partial charge in [0.25, 0.3) is 0 Å². The molecule has 1 fully saturated rings. The number of nitrogens with one attached hydrogen (secondary N) is 2. The van der Waals surface area contributed by atoms with Gasteiger partial charge in [0.2, 0.25) is 0 Å². The van der Waals surface area contributed by atoms with Gasteiger partial charge in [0, 0.05) is 48.5 Å². The zero-order valence-corrected chi connectivity index (χ0v) is 18.3. The molecule has 0 saturated carbocycles. The maximum absolute atomic E-state index is 5.73. The fourth-order valence-corrected chi connectivity index (χ4v) is 4.64. The zero-order valence-electron chi connectivity index (χ0n) is 17.5. The third-order valence-electron chi connectivity index (χ3n) is 6.04. The van der Waals surface area contributed by atoms with Gasteiger partial charge in [-0.05, 0) is 54.7 Å². The first-order chi connectivity index (χ1) is 15.7. The van der Waals surface area contributed by atoms with Gasteiger partial charge in [-0.25, -0.2) is 9.97 Å². The highest BCUT2D eigenvalue weighted by Crippen LogP contribution is 2.27. The van der Waals surface area contributed by atoms with Gasteiger partial charge in [-0.3, -0.25) is 0 Å². The lowest BCUT2D eigenvalue weighted by molar-refractivity contribution is 0.391. The van der Waals surface area contributed by atoms with Crippen molar-refractivity contribution in [3.63, 3.8) is 0 Å². The first kappa shape index (κ1) is 19.0. The highest BCUT2D eigenvalue weighted by atomic mass is 32.1. The molecule has 7 heteroatoms. The van der Waals surface area contributed by atoms with Crippen molar-refractivity contribution in [1.29, 1.82) is 0 Å². The maximum atomic E-state index is 5.73. The van der Waals surface area contributed by atoms with Crippen LogP contribution in [0.4, 0.5) is 11.4 Å². The van der Waals surface area contributed by atoms with E-state index >= 15 is 0 Å². The van der Waals surface area contributed by atoms with Crippen molar-refractivity contribution in [2.24, 2.45) is 0 Å². The molecular weight excluding hydrogens is 416 g/mol. The summed E-state index contributed by atoms with van der Waals surface area (Å²) in [6.07, 6.45) is 0. The second kappa shape index (κ2) is 7.76. The van der Waals surface area contributed by atoms with E-state index in [0.29, 0.717) is 0 Å². The van der Waals surface area contributed by atoms with Crippen LogP contribution in [0.2, 0.25) is 0 Å². The Balaban J connectivity index is 1.21. The molecule has 0 aliphatic carbocycles. The number of piperazine rings is 1. The average Bonchev–Trinajstić information content (AvgIpc) is 3.20. The largest absolute Gasteiger partial charge is 0.368 e. The first-order valence-electron chi connectivity index (χ1n) is 10.8. The minimum absolute atomic E-state index is 0.758. The quantitative estimate of drug-likeness (QED) is 0.387. The van der Waals surface area contributed by atoms with Crippen molar-refractivity contribution in [2.75, 3.05) is 36.4 Å². The number of anilines is 2. The van der Waals surface area contributed by atoms with Crippen LogP contribution in [0.5, 0.6) is 0 Å². The fourth-order valence-electron chi connectivity index (χ4n) is 4.34. The number of hydrogen-bond donors (Lipinski definition) is 2. The molecule has 0 bridgehead atoms. The van der Waals surface area contributed by atoms with E-state index in [4.69, 9.17) is 22.2 Å². The number of fused-ring (bicyclic) bond motifs is 4. The van der Waals surface area contributed by atoms with Crippen LogP contribution >= 0.6 is 12.2 Å². The van der Waals surface area contributed by atoms with E-state index in [1.807, 2.05) is 30.3 Å². The van der Waals surface area contributed by atoms with Gasteiger partial charge in [0.15, 0.2) is 10.8 Å². The molecular formula is C25H22N6S. The Kier molecular flexibility index (Phi) is 4.61. The highest BCUT2D eigenvalue weighted by Gasteiger charge is 2.19. The summed E-state index contributed by atoms with van der Waals surface area (Å²) in [5.74, 6) is 0. The fraction of sp³-hybridized carbons (Fsp3) is 0.160. The molecule has 3 aromatic carbocycles. The van der Waals surface area contributed by atoms with Crippen molar-refractivity contribution in [2.45, 2.75) is 0 Å². The van der Waals surface area contributed by atoms with Gasteiger partial charge < -0.3 is 20.1 Å². The Bertz CT molecular complexity index is 1440. The summed E-state index contributed by atoms with van der Waals surface area (Å²) < 4.78 is 0. The van der Waals surface area contributed by atoms with Crippen molar-refractivity contribution in [1.82, 2.24) is 19.9 Å². The molecule has 1 aliphatic rings. The Labute approximate surface area is 190 Å². The molecule has 2 aromatic heterocycles. The third-order valence-corrected chi connectivity index (χ3v) is 6.40. The van der Waals surface area contributed by atoms with Gasteiger partial charge in [-0.15, -0.1) is 0 Å². The van der Waals surface area contributed by atoms with Gasteiger partial charge in [0.05, 0.1) is 11.0 Å². The van der Waals surface area contributed by atoms with E-state index in [2.05, 4.69) is 62.6 Å². The first-order valence-corrected chi connectivity index (χ1v) is 11.2. The van der Waals surface area contributed by atoms with E-state index in [-0.39, 0.29) is 0 Å². The molecule has 0 atom stereocenters. The zero-order chi connectivity index (χ0) is 21.5. The molecule has 1 aliphatic heterocycles. The monoisotopic (exact) mass is 438 g/mol. The molecule has 3 heterocycles. The van der Waals surface area contributed by atoms with Crippen LogP contribution in [0.15, 0.2) is 72.8 Å². The standard InChI is InChI=1S/C25H22N6S/c32-25(31-14-12-30(13-15-31)18-6-2-1-3-7-18)26-17-10-11-20-19(16-17)23-24(28-20)29-22-9-5-4-8-21(22)27-23/h1-11,16H,12-15H2,(H,26,32)(H,28,29). The van der Waals surface area contributed by atoms with Crippen molar-refractivity contribution >= 4 is 61.8 Å². The molecule has 0 unspecified atom stereocenters. The Hall–Kier alpha value is -3.71. The van der Waals surface area contributed by atoms with Crippen molar-refractivity contribution < 1.29 is 0 Å². The lowest BCUT2D eigenvalue weighted by atomic mass is 10.2.